The van der Waals surface area contributed by atoms with Crippen molar-refractivity contribution in [1.29, 1.82) is 0 Å². The first-order valence-corrected chi connectivity index (χ1v) is 8.59. The van der Waals surface area contributed by atoms with Crippen LogP contribution in [0, 0.1) is 0 Å². The van der Waals surface area contributed by atoms with Crippen LogP contribution in [0.4, 0.5) is 0 Å². The van der Waals surface area contributed by atoms with Gasteiger partial charge in [0.2, 0.25) is 5.09 Å². The van der Waals surface area contributed by atoms with Gasteiger partial charge in [-0.1, -0.05) is 13.8 Å². The fourth-order valence-corrected chi connectivity index (χ4v) is 2.97. The van der Waals surface area contributed by atoms with E-state index in [0.29, 0.717) is 24.0 Å². The van der Waals surface area contributed by atoms with Gasteiger partial charge in [-0.15, -0.1) is 11.3 Å². The molecular weight excluding hydrogens is 298 g/mol. The minimum absolute atomic E-state index is 0.0757. The molecule has 2 rings (SSSR count). The second-order valence-electron chi connectivity index (χ2n) is 4.56. The molecule has 0 atom stereocenters. The monoisotopic (exact) mass is 315 g/mol. The highest BCUT2D eigenvalue weighted by molar-refractivity contribution is 7.89. The average Bonchev–Trinajstić information content (AvgIpc) is 3.05. The maximum absolute atomic E-state index is 12.0. The summed E-state index contributed by atoms with van der Waals surface area (Å²) in [5.74, 6) is 0.590. The van der Waals surface area contributed by atoms with Crippen LogP contribution in [0.25, 0.3) is 0 Å². The summed E-state index contributed by atoms with van der Waals surface area (Å²) in [6.45, 7) is 4.68. The van der Waals surface area contributed by atoms with Gasteiger partial charge < -0.3 is 9.73 Å². The van der Waals surface area contributed by atoms with E-state index in [9.17, 15) is 8.42 Å². The Morgan fingerprint density at radius 1 is 1.35 bits per heavy atom. The van der Waals surface area contributed by atoms with Crippen molar-refractivity contribution in [2.45, 2.75) is 38.1 Å². The van der Waals surface area contributed by atoms with E-state index in [1.54, 1.807) is 17.0 Å². The molecule has 20 heavy (non-hydrogen) atoms. The number of nitrogens with zero attached hydrogens (tertiary/aromatic N) is 1. The molecule has 0 amide bonds. The predicted octanol–water partition coefficient (Wildman–Crippen LogP) is 1.71. The molecule has 0 aliphatic carbocycles. The van der Waals surface area contributed by atoms with Gasteiger partial charge in [0.25, 0.3) is 10.0 Å². The molecule has 2 N–H and O–H groups in total. The summed E-state index contributed by atoms with van der Waals surface area (Å²) in [7, 11) is -3.63. The zero-order valence-corrected chi connectivity index (χ0v) is 12.9. The lowest BCUT2D eigenvalue weighted by Crippen LogP contribution is -2.23. The summed E-state index contributed by atoms with van der Waals surface area (Å²) in [4.78, 5) is 4.02. The van der Waals surface area contributed by atoms with Crippen molar-refractivity contribution in [1.82, 2.24) is 15.0 Å². The molecule has 0 aromatic carbocycles. The summed E-state index contributed by atoms with van der Waals surface area (Å²) in [6.07, 6.45) is 0. The number of aromatic nitrogens is 1. The second-order valence-corrected chi connectivity index (χ2v) is 6.98. The lowest BCUT2D eigenvalue weighted by molar-refractivity contribution is 0.393. The Bertz CT molecular complexity index is 633. The van der Waals surface area contributed by atoms with Crippen LogP contribution in [-0.4, -0.2) is 19.4 Å². The second kappa shape index (κ2) is 6.49. The summed E-state index contributed by atoms with van der Waals surface area (Å²) >= 11 is 1.42. The Hall–Kier alpha value is -1.22. The summed E-state index contributed by atoms with van der Waals surface area (Å²) in [5.41, 5.74) is 2.35. The molecule has 0 saturated carbocycles. The van der Waals surface area contributed by atoms with Crippen molar-refractivity contribution in [2.75, 3.05) is 0 Å². The minimum atomic E-state index is -3.63. The number of sulfonamides is 1. The van der Waals surface area contributed by atoms with Crippen LogP contribution < -0.4 is 10.0 Å². The Morgan fingerprint density at radius 2 is 2.15 bits per heavy atom. The van der Waals surface area contributed by atoms with Crippen LogP contribution in [0.3, 0.4) is 0 Å². The van der Waals surface area contributed by atoms with Crippen molar-refractivity contribution in [2.24, 2.45) is 0 Å². The largest absolute Gasteiger partial charge is 0.447 e. The first-order chi connectivity index (χ1) is 9.47. The maximum atomic E-state index is 12.0. The Kier molecular flexibility index (Phi) is 4.92. The zero-order valence-electron chi connectivity index (χ0n) is 11.3. The first kappa shape index (κ1) is 15.2. The van der Waals surface area contributed by atoms with E-state index in [0.717, 1.165) is 0 Å². The molecule has 2 aromatic heterocycles. The highest BCUT2D eigenvalue weighted by Crippen LogP contribution is 2.14. The third kappa shape index (κ3) is 4.14. The van der Waals surface area contributed by atoms with Gasteiger partial charge in [-0.05, 0) is 12.1 Å². The van der Waals surface area contributed by atoms with Gasteiger partial charge in [0.15, 0.2) is 0 Å². The standard InChI is InChI=1S/C12H17N3O3S2/c1-9(2)13-6-11-3-4-12(18-11)20(16,17)15-5-10-7-19-8-14-10/h3-4,7-9,13,15H,5-6H2,1-2H3. The molecule has 0 spiro atoms. The molecule has 0 unspecified atom stereocenters. The van der Waals surface area contributed by atoms with Crippen LogP contribution in [0.15, 0.2) is 32.5 Å². The molecule has 0 bridgehead atoms. The quantitative estimate of drug-likeness (QED) is 0.812. The van der Waals surface area contributed by atoms with Crippen LogP contribution >= 0.6 is 11.3 Å². The van der Waals surface area contributed by atoms with Gasteiger partial charge in [0, 0.05) is 11.4 Å². The van der Waals surface area contributed by atoms with E-state index in [1.165, 1.54) is 17.4 Å². The topological polar surface area (TPSA) is 84.2 Å². The van der Waals surface area contributed by atoms with Crippen molar-refractivity contribution in [3.8, 4) is 0 Å². The molecule has 0 aliphatic heterocycles. The first-order valence-electron chi connectivity index (χ1n) is 6.16. The predicted molar refractivity (Wildman–Crippen MR) is 76.8 cm³/mol. The Balaban J connectivity index is 1.98. The van der Waals surface area contributed by atoms with Crippen LogP contribution in [0.2, 0.25) is 0 Å². The number of rotatable bonds is 7. The molecule has 0 radical (unpaired) electrons. The van der Waals surface area contributed by atoms with E-state index < -0.39 is 10.0 Å². The highest BCUT2D eigenvalue weighted by atomic mass is 32.2. The molecule has 0 fully saturated rings. The van der Waals surface area contributed by atoms with Gasteiger partial charge >= 0.3 is 0 Å². The summed E-state index contributed by atoms with van der Waals surface area (Å²) < 4.78 is 31.9. The molecule has 8 heteroatoms. The van der Waals surface area contributed by atoms with Crippen LogP contribution in [0.5, 0.6) is 0 Å². The fourth-order valence-electron chi connectivity index (χ4n) is 1.47. The molecular formula is C12H17N3O3S2. The van der Waals surface area contributed by atoms with E-state index in [1.807, 2.05) is 13.8 Å². The fraction of sp³-hybridized carbons (Fsp3) is 0.417. The molecule has 6 nitrogen and oxygen atoms in total. The zero-order chi connectivity index (χ0) is 14.6. The molecule has 2 heterocycles. The van der Waals surface area contributed by atoms with Crippen LogP contribution in [0.1, 0.15) is 25.3 Å². The van der Waals surface area contributed by atoms with Crippen molar-refractivity contribution in [3.63, 3.8) is 0 Å². The molecule has 110 valence electrons. The van der Waals surface area contributed by atoms with Crippen LogP contribution in [-0.2, 0) is 23.1 Å². The third-order valence-corrected chi connectivity index (χ3v) is 4.42. The van der Waals surface area contributed by atoms with Gasteiger partial charge in [0.1, 0.15) is 5.76 Å². The molecule has 0 aliphatic rings. The lowest BCUT2D eigenvalue weighted by Gasteiger charge is -2.05. The van der Waals surface area contributed by atoms with Gasteiger partial charge in [0.05, 0.1) is 24.3 Å². The Morgan fingerprint density at radius 3 is 2.80 bits per heavy atom. The lowest BCUT2D eigenvalue weighted by atomic mass is 10.3. The average molecular weight is 315 g/mol. The number of hydrogen-bond acceptors (Lipinski definition) is 6. The summed E-state index contributed by atoms with van der Waals surface area (Å²) in [5, 5.41) is 4.88. The van der Waals surface area contributed by atoms with Crippen molar-refractivity contribution in [3.05, 3.63) is 34.5 Å². The number of furan rings is 1. The summed E-state index contributed by atoms with van der Waals surface area (Å²) in [6, 6.07) is 3.43. The van der Waals surface area contributed by atoms with Gasteiger partial charge in [-0.3, -0.25) is 0 Å². The normalized spacial score (nSPS) is 12.2. The minimum Gasteiger partial charge on any atom is -0.447 e. The third-order valence-electron chi connectivity index (χ3n) is 2.51. The van der Waals surface area contributed by atoms with E-state index in [4.69, 9.17) is 4.42 Å². The number of hydrogen-bond donors (Lipinski definition) is 2. The van der Waals surface area contributed by atoms with E-state index in [2.05, 4.69) is 15.0 Å². The SMILES string of the molecule is CC(C)NCc1ccc(S(=O)(=O)NCc2cscn2)o1. The molecule has 2 aromatic rings. The van der Waals surface area contributed by atoms with Crippen molar-refractivity contribution >= 4 is 21.4 Å². The highest BCUT2D eigenvalue weighted by Gasteiger charge is 2.18. The number of thiazole rings is 1. The molecule has 0 saturated heterocycles. The Labute approximate surface area is 122 Å². The maximum Gasteiger partial charge on any atom is 0.274 e. The van der Waals surface area contributed by atoms with Crippen molar-refractivity contribution < 1.29 is 12.8 Å². The van der Waals surface area contributed by atoms with E-state index in [-0.39, 0.29) is 11.6 Å². The smallest absolute Gasteiger partial charge is 0.274 e. The van der Waals surface area contributed by atoms with E-state index >= 15 is 0 Å². The van der Waals surface area contributed by atoms with Gasteiger partial charge in [-0.2, -0.15) is 0 Å². The van der Waals surface area contributed by atoms with Gasteiger partial charge in [-0.25, -0.2) is 18.1 Å². The number of nitrogens with one attached hydrogen (secondary N) is 2.